The highest BCUT2D eigenvalue weighted by Crippen LogP contribution is 2.21. The zero-order valence-corrected chi connectivity index (χ0v) is 18.4. The van der Waals surface area contributed by atoms with Crippen molar-refractivity contribution < 1.29 is 14.8 Å². The van der Waals surface area contributed by atoms with Crippen molar-refractivity contribution in [3.05, 3.63) is 51.8 Å². The van der Waals surface area contributed by atoms with Gasteiger partial charge in [-0.1, -0.05) is 49.7 Å². The van der Waals surface area contributed by atoms with Gasteiger partial charge in [0.1, 0.15) is 0 Å². The van der Waals surface area contributed by atoms with E-state index in [-0.39, 0.29) is 16.6 Å². The molecule has 2 N–H and O–H groups in total. The van der Waals surface area contributed by atoms with Gasteiger partial charge in [-0.15, -0.1) is 0 Å². The van der Waals surface area contributed by atoms with Gasteiger partial charge in [-0.05, 0) is 38.8 Å². The molecule has 0 unspecified atom stereocenters. The molecule has 0 aliphatic heterocycles. The number of quaternary nitrogens is 1. The third-order valence-electron chi connectivity index (χ3n) is 5.06. The summed E-state index contributed by atoms with van der Waals surface area (Å²) in [6.07, 6.45) is 3.15. The van der Waals surface area contributed by atoms with Crippen LogP contribution in [0.3, 0.4) is 0 Å². The Labute approximate surface area is 177 Å². The Kier molecular flexibility index (Phi) is 9.41. The molecule has 0 fully saturated rings. The van der Waals surface area contributed by atoms with Crippen LogP contribution < -0.4 is 10.5 Å². The van der Waals surface area contributed by atoms with Crippen molar-refractivity contribution in [3.8, 4) is 5.88 Å². The van der Waals surface area contributed by atoms with Crippen LogP contribution >= 0.6 is 11.8 Å². The number of nitrogens with zero attached hydrogens (tertiary/aromatic N) is 2. The van der Waals surface area contributed by atoms with E-state index in [2.05, 4.69) is 25.8 Å². The first kappa shape index (κ1) is 23.2. The number of carbonyl (C=O) groups is 1. The normalized spacial score (nSPS) is 11.2. The van der Waals surface area contributed by atoms with Gasteiger partial charge >= 0.3 is 0 Å². The minimum Gasteiger partial charge on any atom is -0.493 e. The average molecular weight is 419 g/mol. The molecular formula is C22H32N3O3S+. The second kappa shape index (κ2) is 11.8. The lowest BCUT2D eigenvalue weighted by Gasteiger charge is -2.16. The van der Waals surface area contributed by atoms with Crippen LogP contribution in [-0.2, 0) is 6.42 Å². The summed E-state index contributed by atoms with van der Waals surface area (Å²) in [6, 6.07) is 8.74. The maximum atomic E-state index is 13.2. The molecule has 0 saturated heterocycles. The SMILES string of the molecule is CCCCCc1c(O)nc(SCC[NH+](CC)CC)n(C(=O)c2ccccc2)c1=O. The number of rotatable bonds is 11. The van der Waals surface area contributed by atoms with Gasteiger partial charge < -0.3 is 10.0 Å². The fourth-order valence-electron chi connectivity index (χ4n) is 3.17. The predicted molar refractivity (Wildman–Crippen MR) is 117 cm³/mol. The van der Waals surface area contributed by atoms with Crippen LogP contribution in [-0.4, -0.2) is 46.0 Å². The summed E-state index contributed by atoms with van der Waals surface area (Å²) >= 11 is 1.34. The molecule has 0 aliphatic rings. The van der Waals surface area contributed by atoms with E-state index in [1.165, 1.54) is 16.7 Å². The molecule has 0 spiro atoms. The topological polar surface area (TPSA) is 76.6 Å². The van der Waals surface area contributed by atoms with Crippen molar-refractivity contribution in [1.82, 2.24) is 9.55 Å². The first-order valence-corrected chi connectivity index (χ1v) is 11.4. The van der Waals surface area contributed by atoms with Gasteiger partial charge in [0.15, 0.2) is 5.16 Å². The second-order valence-corrected chi connectivity index (χ2v) is 8.08. The summed E-state index contributed by atoms with van der Waals surface area (Å²) in [7, 11) is 0. The quantitative estimate of drug-likeness (QED) is 0.333. The number of nitrogens with one attached hydrogen (secondary N) is 1. The molecule has 0 atom stereocenters. The van der Waals surface area contributed by atoms with Crippen LogP contribution in [0.5, 0.6) is 5.88 Å². The lowest BCUT2D eigenvalue weighted by molar-refractivity contribution is -0.893. The maximum Gasteiger partial charge on any atom is 0.268 e. The zero-order chi connectivity index (χ0) is 21.2. The molecule has 1 aromatic carbocycles. The van der Waals surface area contributed by atoms with Crippen molar-refractivity contribution in [2.45, 2.75) is 51.6 Å². The molecule has 0 saturated carbocycles. The molecule has 7 heteroatoms. The van der Waals surface area contributed by atoms with Crippen LogP contribution in [0.4, 0.5) is 0 Å². The van der Waals surface area contributed by atoms with E-state index in [4.69, 9.17) is 0 Å². The monoisotopic (exact) mass is 418 g/mol. The van der Waals surface area contributed by atoms with Crippen molar-refractivity contribution in [3.63, 3.8) is 0 Å². The maximum absolute atomic E-state index is 13.2. The summed E-state index contributed by atoms with van der Waals surface area (Å²) in [5.74, 6) is 0.0542. The highest BCUT2D eigenvalue weighted by atomic mass is 32.2. The number of benzene rings is 1. The molecule has 0 aliphatic carbocycles. The number of thioether (sulfide) groups is 1. The first-order chi connectivity index (χ1) is 14.0. The second-order valence-electron chi connectivity index (χ2n) is 7.02. The fraction of sp³-hybridized carbons (Fsp3) is 0.500. The van der Waals surface area contributed by atoms with Gasteiger partial charge in [0.25, 0.3) is 11.5 Å². The Bertz CT molecular complexity index is 848. The van der Waals surface area contributed by atoms with Crippen LogP contribution in [0.15, 0.2) is 40.3 Å². The number of carbonyl (C=O) groups excluding carboxylic acids is 1. The third-order valence-corrected chi connectivity index (χ3v) is 6.01. The molecule has 158 valence electrons. The molecule has 0 amide bonds. The lowest BCUT2D eigenvalue weighted by atomic mass is 10.1. The fourth-order valence-corrected chi connectivity index (χ4v) is 4.19. The molecule has 6 nitrogen and oxygen atoms in total. The summed E-state index contributed by atoms with van der Waals surface area (Å²) in [5, 5.41) is 10.7. The lowest BCUT2D eigenvalue weighted by Crippen LogP contribution is -3.11. The number of aromatic hydroxyl groups is 1. The first-order valence-electron chi connectivity index (χ1n) is 10.4. The highest BCUT2D eigenvalue weighted by molar-refractivity contribution is 7.99. The predicted octanol–water partition coefficient (Wildman–Crippen LogP) is 2.39. The van der Waals surface area contributed by atoms with E-state index in [9.17, 15) is 14.7 Å². The third kappa shape index (κ3) is 6.18. The van der Waals surface area contributed by atoms with Crippen LogP contribution in [0, 0.1) is 0 Å². The van der Waals surface area contributed by atoms with Crippen molar-refractivity contribution in [2.24, 2.45) is 0 Å². The molecule has 0 radical (unpaired) electrons. The van der Waals surface area contributed by atoms with Crippen LogP contribution in [0.2, 0.25) is 0 Å². The van der Waals surface area contributed by atoms with Gasteiger partial charge in [-0.2, -0.15) is 4.98 Å². The number of aromatic nitrogens is 2. The average Bonchev–Trinajstić information content (AvgIpc) is 2.74. The minimum absolute atomic E-state index is 0.224. The molecule has 2 aromatic rings. The number of hydrogen-bond donors (Lipinski definition) is 2. The summed E-state index contributed by atoms with van der Waals surface area (Å²) in [5.41, 5.74) is 0.194. The van der Waals surface area contributed by atoms with Crippen molar-refractivity contribution in [2.75, 3.05) is 25.4 Å². The largest absolute Gasteiger partial charge is 0.493 e. The van der Waals surface area contributed by atoms with E-state index in [0.717, 1.165) is 43.5 Å². The number of unbranched alkanes of at least 4 members (excludes halogenated alkanes) is 2. The zero-order valence-electron chi connectivity index (χ0n) is 17.6. The van der Waals surface area contributed by atoms with E-state index >= 15 is 0 Å². The summed E-state index contributed by atoms with van der Waals surface area (Å²) < 4.78 is 1.14. The molecule has 29 heavy (non-hydrogen) atoms. The molecule has 2 rings (SSSR count). The van der Waals surface area contributed by atoms with Gasteiger partial charge in [-0.3, -0.25) is 9.59 Å². The van der Waals surface area contributed by atoms with E-state index in [0.29, 0.717) is 17.7 Å². The minimum atomic E-state index is -0.458. The standard InChI is InChI=1S/C22H31N3O3S/c1-4-7-9-14-18-19(26)23-22(29-16-15-24(5-2)6-3)25(21(18)28)20(27)17-12-10-8-11-13-17/h8,10-13,26H,4-7,9,14-16H2,1-3H3/p+1. The van der Waals surface area contributed by atoms with Gasteiger partial charge in [0.2, 0.25) is 5.88 Å². The van der Waals surface area contributed by atoms with Crippen molar-refractivity contribution in [1.29, 1.82) is 0 Å². The number of hydrogen-bond acceptors (Lipinski definition) is 5. The Morgan fingerprint density at radius 3 is 2.45 bits per heavy atom. The Morgan fingerprint density at radius 1 is 1.14 bits per heavy atom. The van der Waals surface area contributed by atoms with Gasteiger partial charge in [0, 0.05) is 5.56 Å². The Balaban J connectivity index is 2.40. The van der Waals surface area contributed by atoms with Gasteiger partial charge in [-0.25, -0.2) is 4.57 Å². The van der Waals surface area contributed by atoms with Gasteiger partial charge in [0.05, 0.1) is 31.0 Å². The van der Waals surface area contributed by atoms with Crippen LogP contribution in [0.1, 0.15) is 56.0 Å². The Morgan fingerprint density at radius 2 is 1.83 bits per heavy atom. The molecular weight excluding hydrogens is 386 g/mol. The Hall–Kier alpha value is -2.12. The summed E-state index contributed by atoms with van der Waals surface area (Å²) in [6.45, 7) is 9.27. The summed E-state index contributed by atoms with van der Waals surface area (Å²) in [4.78, 5) is 32.0. The molecule has 1 aromatic heterocycles. The van der Waals surface area contributed by atoms with E-state index < -0.39 is 11.5 Å². The highest BCUT2D eigenvalue weighted by Gasteiger charge is 2.22. The van der Waals surface area contributed by atoms with Crippen molar-refractivity contribution >= 4 is 17.7 Å². The molecule has 0 bridgehead atoms. The van der Waals surface area contributed by atoms with E-state index in [1.54, 1.807) is 24.3 Å². The smallest absolute Gasteiger partial charge is 0.268 e. The van der Waals surface area contributed by atoms with Crippen LogP contribution in [0.25, 0.3) is 0 Å². The molecule has 1 heterocycles. The van der Waals surface area contributed by atoms with E-state index in [1.807, 2.05) is 6.07 Å².